The van der Waals surface area contributed by atoms with Crippen molar-refractivity contribution >= 4 is 5.97 Å². The molecule has 0 fully saturated rings. The first-order valence-electron chi connectivity index (χ1n) is 6.28. The van der Waals surface area contributed by atoms with Gasteiger partial charge in [0, 0.05) is 6.08 Å². The summed E-state index contributed by atoms with van der Waals surface area (Å²) in [5, 5.41) is 0. The molecule has 0 heterocycles. The van der Waals surface area contributed by atoms with Crippen LogP contribution in [0, 0.1) is 0 Å². The molecule has 0 aromatic heterocycles. The van der Waals surface area contributed by atoms with Crippen molar-refractivity contribution in [2.24, 2.45) is 0 Å². The number of hydrogen-bond acceptors (Lipinski definition) is 5. The smallest absolute Gasteiger partial charge is 0.330 e. The maximum Gasteiger partial charge on any atom is 0.330 e. The van der Waals surface area contributed by atoms with E-state index in [1.165, 1.54) is 6.26 Å². The van der Waals surface area contributed by atoms with Crippen molar-refractivity contribution < 1.29 is 23.7 Å². The Kier molecular flexibility index (Phi) is 9.84. The molecule has 19 heavy (non-hydrogen) atoms. The Morgan fingerprint density at radius 1 is 1.05 bits per heavy atom. The molecule has 0 aromatic carbocycles. The molecule has 5 nitrogen and oxygen atoms in total. The van der Waals surface area contributed by atoms with Crippen LogP contribution in [0.3, 0.4) is 0 Å². The fourth-order valence-electron chi connectivity index (χ4n) is 1.28. The molecular weight excluding hydrogens is 248 g/mol. The summed E-state index contributed by atoms with van der Waals surface area (Å²) in [6, 6.07) is 0. The quantitative estimate of drug-likeness (QED) is 0.327. The number of ether oxygens (including phenoxy) is 4. The van der Waals surface area contributed by atoms with Gasteiger partial charge in [-0.25, -0.2) is 4.79 Å². The fraction of sp³-hybridized carbons (Fsp3) is 0.643. The van der Waals surface area contributed by atoms with E-state index in [9.17, 15) is 4.79 Å². The monoisotopic (exact) mass is 272 g/mol. The minimum absolute atomic E-state index is 0.0297. The van der Waals surface area contributed by atoms with Gasteiger partial charge in [-0.05, 0) is 20.8 Å². The average molecular weight is 272 g/mol. The third-order valence-electron chi connectivity index (χ3n) is 2.16. The number of hydrogen-bond donors (Lipinski definition) is 0. The van der Waals surface area contributed by atoms with Crippen LogP contribution in [-0.4, -0.2) is 44.1 Å². The second-order valence-electron chi connectivity index (χ2n) is 4.24. The molecule has 0 spiro atoms. The van der Waals surface area contributed by atoms with Gasteiger partial charge in [0.15, 0.2) is 0 Å². The van der Waals surface area contributed by atoms with Crippen LogP contribution < -0.4 is 0 Å². The van der Waals surface area contributed by atoms with Crippen molar-refractivity contribution in [2.45, 2.75) is 39.1 Å². The zero-order valence-electron chi connectivity index (χ0n) is 12.0. The van der Waals surface area contributed by atoms with E-state index < -0.39 is 5.97 Å². The molecular formula is C14H24O5. The molecule has 0 bridgehead atoms. The lowest BCUT2D eigenvalue weighted by Crippen LogP contribution is -2.28. The van der Waals surface area contributed by atoms with E-state index in [1.54, 1.807) is 0 Å². The van der Waals surface area contributed by atoms with Crippen molar-refractivity contribution in [1.29, 1.82) is 0 Å². The Hall–Kier alpha value is -1.33. The Balaban J connectivity index is 3.71. The summed E-state index contributed by atoms with van der Waals surface area (Å²) in [4.78, 5) is 10.9. The van der Waals surface area contributed by atoms with Crippen LogP contribution in [0.1, 0.15) is 20.8 Å². The molecule has 0 aromatic rings. The maximum absolute atomic E-state index is 10.9. The minimum atomic E-state index is -0.449. The van der Waals surface area contributed by atoms with Crippen molar-refractivity contribution in [1.82, 2.24) is 0 Å². The first-order chi connectivity index (χ1) is 8.99. The molecule has 0 aliphatic rings. The van der Waals surface area contributed by atoms with E-state index >= 15 is 0 Å². The summed E-state index contributed by atoms with van der Waals surface area (Å²) in [5.41, 5.74) is 0. The Bertz CT molecular complexity index is 277. The highest BCUT2D eigenvalue weighted by Gasteiger charge is 2.12. The standard InChI is InChI=1S/C14H24O5/c1-6-14(15)18-10-13(5)19-12(4)9-17-11(3)8-16-7-2/h6-7,11-13H,1-2,8-10H2,3-5H3. The van der Waals surface area contributed by atoms with Gasteiger partial charge in [-0.3, -0.25) is 0 Å². The summed E-state index contributed by atoms with van der Waals surface area (Å²) in [5.74, 6) is -0.449. The van der Waals surface area contributed by atoms with Gasteiger partial charge in [-0.2, -0.15) is 0 Å². The predicted molar refractivity (Wildman–Crippen MR) is 72.7 cm³/mol. The van der Waals surface area contributed by atoms with Gasteiger partial charge in [0.1, 0.15) is 13.2 Å². The summed E-state index contributed by atoms with van der Waals surface area (Å²) in [6.45, 7) is 13.5. The predicted octanol–water partition coefficient (Wildman–Crippen LogP) is 2.07. The lowest BCUT2D eigenvalue weighted by Gasteiger charge is -2.20. The zero-order valence-corrected chi connectivity index (χ0v) is 12.0. The second kappa shape index (κ2) is 10.6. The van der Waals surface area contributed by atoms with Gasteiger partial charge < -0.3 is 18.9 Å². The molecule has 0 aliphatic heterocycles. The van der Waals surface area contributed by atoms with Gasteiger partial charge in [-0.15, -0.1) is 0 Å². The SMILES string of the molecule is C=COCC(C)OCC(C)OC(C)COC(=O)C=C. The average Bonchev–Trinajstić information content (AvgIpc) is 2.40. The Labute approximate surface area is 115 Å². The van der Waals surface area contributed by atoms with Crippen molar-refractivity contribution in [3.05, 3.63) is 25.5 Å². The fourth-order valence-corrected chi connectivity index (χ4v) is 1.28. The summed E-state index contributed by atoms with van der Waals surface area (Å²) in [7, 11) is 0. The molecule has 3 atom stereocenters. The third-order valence-corrected chi connectivity index (χ3v) is 2.16. The molecule has 5 heteroatoms. The zero-order chi connectivity index (χ0) is 14.7. The lowest BCUT2D eigenvalue weighted by atomic mass is 10.3. The molecule has 0 aliphatic carbocycles. The summed E-state index contributed by atoms with van der Waals surface area (Å²) in [6.07, 6.45) is 2.19. The number of rotatable bonds is 11. The third kappa shape index (κ3) is 10.3. The van der Waals surface area contributed by atoms with E-state index in [0.717, 1.165) is 6.08 Å². The van der Waals surface area contributed by atoms with Crippen LogP contribution >= 0.6 is 0 Å². The number of carbonyl (C=O) groups is 1. The van der Waals surface area contributed by atoms with Gasteiger partial charge in [0.05, 0.1) is 31.2 Å². The van der Waals surface area contributed by atoms with E-state index in [4.69, 9.17) is 18.9 Å². The first-order valence-corrected chi connectivity index (χ1v) is 6.28. The van der Waals surface area contributed by atoms with E-state index in [-0.39, 0.29) is 24.9 Å². The molecule has 0 saturated heterocycles. The Morgan fingerprint density at radius 3 is 2.26 bits per heavy atom. The van der Waals surface area contributed by atoms with Crippen LogP contribution in [0.4, 0.5) is 0 Å². The molecule has 3 unspecified atom stereocenters. The van der Waals surface area contributed by atoms with E-state index in [0.29, 0.717) is 13.2 Å². The van der Waals surface area contributed by atoms with Gasteiger partial charge in [-0.1, -0.05) is 13.2 Å². The normalized spacial score (nSPS) is 15.1. The number of esters is 1. The summed E-state index contributed by atoms with van der Waals surface area (Å²) >= 11 is 0. The van der Waals surface area contributed by atoms with Crippen LogP contribution in [0.5, 0.6) is 0 Å². The van der Waals surface area contributed by atoms with Crippen molar-refractivity contribution in [3.8, 4) is 0 Å². The van der Waals surface area contributed by atoms with Crippen LogP contribution in [0.25, 0.3) is 0 Å². The van der Waals surface area contributed by atoms with Crippen molar-refractivity contribution in [2.75, 3.05) is 19.8 Å². The van der Waals surface area contributed by atoms with E-state index in [2.05, 4.69) is 13.2 Å². The largest absolute Gasteiger partial charge is 0.499 e. The molecule has 0 N–H and O–H groups in total. The highest BCUT2D eigenvalue weighted by molar-refractivity contribution is 5.81. The minimum Gasteiger partial charge on any atom is -0.499 e. The van der Waals surface area contributed by atoms with Gasteiger partial charge in [0.2, 0.25) is 0 Å². The second-order valence-corrected chi connectivity index (χ2v) is 4.24. The topological polar surface area (TPSA) is 54.0 Å². The highest BCUT2D eigenvalue weighted by Crippen LogP contribution is 2.02. The van der Waals surface area contributed by atoms with E-state index in [1.807, 2.05) is 20.8 Å². The maximum atomic E-state index is 10.9. The van der Waals surface area contributed by atoms with Gasteiger partial charge in [0.25, 0.3) is 0 Å². The van der Waals surface area contributed by atoms with Crippen LogP contribution in [0.2, 0.25) is 0 Å². The molecule has 0 rings (SSSR count). The van der Waals surface area contributed by atoms with Crippen LogP contribution in [0.15, 0.2) is 25.5 Å². The Morgan fingerprint density at radius 2 is 1.68 bits per heavy atom. The molecule has 0 saturated carbocycles. The molecule has 0 amide bonds. The molecule has 110 valence electrons. The van der Waals surface area contributed by atoms with Crippen molar-refractivity contribution in [3.63, 3.8) is 0 Å². The highest BCUT2D eigenvalue weighted by atomic mass is 16.6. The molecule has 0 radical (unpaired) electrons. The number of carbonyl (C=O) groups excluding carboxylic acids is 1. The van der Waals surface area contributed by atoms with Crippen LogP contribution in [-0.2, 0) is 23.7 Å². The summed E-state index contributed by atoms with van der Waals surface area (Å²) < 4.78 is 21.0. The first kappa shape index (κ1) is 17.7. The lowest BCUT2D eigenvalue weighted by molar-refractivity contribution is -0.144. The van der Waals surface area contributed by atoms with Gasteiger partial charge >= 0.3 is 5.97 Å².